The fourth-order valence-electron chi connectivity index (χ4n) is 4.18. The number of rotatable bonds is 7. The summed E-state index contributed by atoms with van der Waals surface area (Å²) in [6.07, 6.45) is 5.56. The van der Waals surface area contributed by atoms with E-state index in [0.717, 1.165) is 36.8 Å². The highest BCUT2D eigenvalue weighted by molar-refractivity contribution is 6.34. The molecule has 0 spiro atoms. The van der Waals surface area contributed by atoms with Crippen LogP contribution in [-0.4, -0.2) is 17.6 Å². The summed E-state index contributed by atoms with van der Waals surface area (Å²) in [7, 11) is 0. The second-order valence-electron chi connectivity index (χ2n) is 8.88. The predicted molar refractivity (Wildman–Crippen MR) is 128 cm³/mol. The first-order valence-electron chi connectivity index (χ1n) is 11.3. The lowest BCUT2D eigenvalue weighted by Gasteiger charge is -2.32. The SMILES string of the molecule is CCC(=O)c1cc(NC(=O)c2cc(CNC(=O)C3(C)CCCCC3)ccc2C)ccc1Cl. The van der Waals surface area contributed by atoms with Gasteiger partial charge in [0.2, 0.25) is 5.91 Å². The van der Waals surface area contributed by atoms with Crippen molar-refractivity contribution >= 4 is 34.9 Å². The lowest BCUT2D eigenvalue weighted by Crippen LogP contribution is -2.39. The van der Waals surface area contributed by atoms with Crippen molar-refractivity contribution in [2.75, 3.05) is 5.32 Å². The maximum Gasteiger partial charge on any atom is 0.255 e. The van der Waals surface area contributed by atoms with Crippen LogP contribution in [0.4, 0.5) is 5.69 Å². The molecule has 0 aromatic heterocycles. The van der Waals surface area contributed by atoms with Crippen molar-refractivity contribution in [3.05, 3.63) is 63.7 Å². The van der Waals surface area contributed by atoms with Crippen LogP contribution in [0.15, 0.2) is 36.4 Å². The number of aryl methyl sites for hydroxylation is 1. The summed E-state index contributed by atoms with van der Waals surface area (Å²) in [6.45, 7) is 6.06. The number of benzene rings is 2. The zero-order valence-electron chi connectivity index (χ0n) is 19.0. The molecule has 1 fully saturated rings. The standard InChI is InChI=1S/C26H31ClN2O3/c1-4-23(30)21-15-19(10-11-22(21)27)29-24(31)20-14-18(9-8-17(20)2)16-28-25(32)26(3)12-6-5-7-13-26/h8-11,14-15H,4-7,12-13,16H2,1-3H3,(H,28,32)(H,29,31). The molecule has 0 aliphatic heterocycles. The lowest BCUT2D eigenvalue weighted by molar-refractivity contribution is -0.132. The van der Waals surface area contributed by atoms with Crippen LogP contribution in [0.2, 0.25) is 5.02 Å². The van der Waals surface area contributed by atoms with E-state index in [1.54, 1.807) is 25.1 Å². The van der Waals surface area contributed by atoms with E-state index in [2.05, 4.69) is 10.6 Å². The first-order chi connectivity index (χ1) is 15.2. The number of hydrogen-bond acceptors (Lipinski definition) is 3. The third-order valence-corrected chi connectivity index (χ3v) is 6.68. The minimum absolute atomic E-state index is 0.0771. The quantitative estimate of drug-likeness (QED) is 0.498. The maximum atomic E-state index is 12.9. The molecular weight excluding hydrogens is 424 g/mol. The van der Waals surface area contributed by atoms with Crippen LogP contribution in [0.1, 0.15) is 84.2 Å². The third-order valence-electron chi connectivity index (χ3n) is 6.35. The molecule has 32 heavy (non-hydrogen) atoms. The highest BCUT2D eigenvalue weighted by Crippen LogP contribution is 2.35. The van der Waals surface area contributed by atoms with Gasteiger partial charge in [-0.1, -0.05) is 56.8 Å². The molecule has 5 nitrogen and oxygen atoms in total. The van der Waals surface area contributed by atoms with Gasteiger partial charge in [0.05, 0.1) is 5.02 Å². The fraction of sp³-hybridized carbons (Fsp3) is 0.423. The minimum Gasteiger partial charge on any atom is -0.352 e. The second-order valence-corrected chi connectivity index (χ2v) is 9.29. The summed E-state index contributed by atoms with van der Waals surface area (Å²) in [6, 6.07) is 10.5. The molecule has 0 atom stereocenters. The number of Topliss-reactive ketones (excluding diaryl/α,β-unsaturated/α-hetero) is 1. The number of carbonyl (C=O) groups excluding carboxylic acids is 3. The number of amides is 2. The van der Waals surface area contributed by atoms with Gasteiger partial charge in [-0.15, -0.1) is 0 Å². The van der Waals surface area contributed by atoms with E-state index in [4.69, 9.17) is 11.6 Å². The average Bonchev–Trinajstić information content (AvgIpc) is 2.79. The van der Waals surface area contributed by atoms with Crippen molar-refractivity contribution < 1.29 is 14.4 Å². The van der Waals surface area contributed by atoms with E-state index < -0.39 is 0 Å². The Morgan fingerprint density at radius 2 is 1.72 bits per heavy atom. The largest absolute Gasteiger partial charge is 0.352 e. The Balaban J connectivity index is 1.71. The number of ketones is 1. The Morgan fingerprint density at radius 3 is 2.41 bits per heavy atom. The molecule has 6 heteroatoms. The van der Waals surface area contributed by atoms with Crippen molar-refractivity contribution in [1.29, 1.82) is 0 Å². The molecule has 0 heterocycles. The van der Waals surface area contributed by atoms with Crippen LogP contribution in [0.25, 0.3) is 0 Å². The highest BCUT2D eigenvalue weighted by atomic mass is 35.5. The summed E-state index contributed by atoms with van der Waals surface area (Å²) < 4.78 is 0. The van der Waals surface area contributed by atoms with Gasteiger partial charge in [0.25, 0.3) is 5.91 Å². The highest BCUT2D eigenvalue weighted by Gasteiger charge is 2.34. The summed E-state index contributed by atoms with van der Waals surface area (Å²) in [5.41, 5.74) is 2.84. The van der Waals surface area contributed by atoms with Gasteiger partial charge in [0, 0.05) is 35.2 Å². The van der Waals surface area contributed by atoms with E-state index in [-0.39, 0.29) is 23.0 Å². The van der Waals surface area contributed by atoms with E-state index in [0.29, 0.717) is 34.8 Å². The molecule has 1 saturated carbocycles. The first-order valence-corrected chi connectivity index (χ1v) is 11.6. The minimum atomic E-state index is -0.300. The molecule has 0 radical (unpaired) electrons. The first kappa shape index (κ1) is 24.0. The molecular formula is C26H31ClN2O3. The van der Waals surface area contributed by atoms with Gasteiger partial charge in [0.15, 0.2) is 5.78 Å². The van der Waals surface area contributed by atoms with Crippen molar-refractivity contribution in [1.82, 2.24) is 5.32 Å². The predicted octanol–water partition coefficient (Wildman–Crippen LogP) is 6.08. The molecule has 2 aromatic carbocycles. The number of nitrogens with one attached hydrogen (secondary N) is 2. The van der Waals surface area contributed by atoms with Gasteiger partial charge < -0.3 is 10.6 Å². The monoisotopic (exact) mass is 454 g/mol. The normalized spacial score (nSPS) is 15.1. The molecule has 1 aliphatic carbocycles. The number of hydrogen-bond donors (Lipinski definition) is 2. The van der Waals surface area contributed by atoms with Gasteiger partial charge in [-0.25, -0.2) is 0 Å². The molecule has 2 N–H and O–H groups in total. The fourth-order valence-corrected chi connectivity index (χ4v) is 4.41. The number of halogens is 1. The topological polar surface area (TPSA) is 75.3 Å². The van der Waals surface area contributed by atoms with Gasteiger partial charge in [-0.05, 0) is 55.2 Å². The van der Waals surface area contributed by atoms with E-state index >= 15 is 0 Å². The molecule has 0 bridgehead atoms. The summed E-state index contributed by atoms with van der Waals surface area (Å²) >= 11 is 6.13. The van der Waals surface area contributed by atoms with Crippen LogP contribution >= 0.6 is 11.6 Å². The molecule has 170 valence electrons. The van der Waals surface area contributed by atoms with Gasteiger partial charge >= 0.3 is 0 Å². The van der Waals surface area contributed by atoms with Crippen molar-refractivity contribution in [2.45, 2.75) is 65.8 Å². The van der Waals surface area contributed by atoms with Crippen LogP contribution < -0.4 is 10.6 Å². The maximum absolute atomic E-state index is 12.9. The Morgan fingerprint density at radius 1 is 1.00 bits per heavy atom. The van der Waals surface area contributed by atoms with Gasteiger partial charge in [-0.3, -0.25) is 14.4 Å². The van der Waals surface area contributed by atoms with Crippen LogP contribution in [0.3, 0.4) is 0 Å². The summed E-state index contributed by atoms with van der Waals surface area (Å²) in [5, 5.41) is 6.28. The number of carbonyl (C=O) groups is 3. The van der Waals surface area contributed by atoms with Crippen LogP contribution in [0.5, 0.6) is 0 Å². The Kier molecular flexibility index (Phi) is 7.73. The summed E-state index contributed by atoms with van der Waals surface area (Å²) in [5.74, 6) is -0.267. The average molecular weight is 455 g/mol. The molecule has 0 saturated heterocycles. The lowest BCUT2D eigenvalue weighted by atomic mass is 9.75. The molecule has 1 aliphatic rings. The van der Waals surface area contributed by atoms with E-state index in [1.807, 2.05) is 32.0 Å². The van der Waals surface area contributed by atoms with Gasteiger partial charge in [0.1, 0.15) is 0 Å². The zero-order chi connectivity index (χ0) is 23.3. The van der Waals surface area contributed by atoms with Crippen molar-refractivity contribution in [3.63, 3.8) is 0 Å². The Bertz CT molecular complexity index is 1030. The molecule has 2 amide bonds. The Hall–Kier alpha value is -2.66. The van der Waals surface area contributed by atoms with Crippen LogP contribution in [-0.2, 0) is 11.3 Å². The second kappa shape index (κ2) is 10.3. The molecule has 3 rings (SSSR count). The Labute approximate surface area is 194 Å². The van der Waals surface area contributed by atoms with Crippen LogP contribution in [0, 0.1) is 12.3 Å². The molecule has 0 unspecified atom stereocenters. The summed E-state index contributed by atoms with van der Waals surface area (Å²) in [4.78, 5) is 37.7. The molecule has 2 aromatic rings. The zero-order valence-corrected chi connectivity index (χ0v) is 19.8. The van der Waals surface area contributed by atoms with Crippen molar-refractivity contribution in [3.8, 4) is 0 Å². The smallest absolute Gasteiger partial charge is 0.255 e. The van der Waals surface area contributed by atoms with E-state index in [1.165, 1.54) is 6.42 Å². The van der Waals surface area contributed by atoms with Crippen molar-refractivity contribution in [2.24, 2.45) is 5.41 Å². The third kappa shape index (κ3) is 5.57. The number of anilines is 1. The van der Waals surface area contributed by atoms with E-state index in [9.17, 15) is 14.4 Å². The van der Waals surface area contributed by atoms with Gasteiger partial charge in [-0.2, -0.15) is 0 Å².